The first-order chi connectivity index (χ1) is 13.3. The standard InChI is InChI=1S/C17H13N9O/c1-25-17(20-9-21-25)14-13-10(4-3-5-12(13)27-2)15-22-23-16(26(15)24-14)11-8-18-6-7-19-11/h3-9H,1-2H3. The molecule has 4 heterocycles. The summed E-state index contributed by atoms with van der Waals surface area (Å²) in [5.41, 5.74) is 1.78. The first-order valence-corrected chi connectivity index (χ1v) is 8.11. The third-order valence-electron chi connectivity index (χ3n) is 4.28. The van der Waals surface area contributed by atoms with Crippen LogP contribution in [0.3, 0.4) is 0 Å². The maximum atomic E-state index is 5.57. The molecule has 0 fully saturated rings. The van der Waals surface area contributed by atoms with Gasteiger partial charge in [0.25, 0.3) is 0 Å². The molecule has 0 bridgehead atoms. The maximum Gasteiger partial charge on any atom is 0.205 e. The smallest absolute Gasteiger partial charge is 0.205 e. The Kier molecular flexibility index (Phi) is 3.29. The van der Waals surface area contributed by atoms with E-state index in [4.69, 9.17) is 9.84 Å². The number of aromatic nitrogens is 9. The summed E-state index contributed by atoms with van der Waals surface area (Å²) in [6.07, 6.45) is 6.31. The Balaban J connectivity index is 1.94. The lowest BCUT2D eigenvalue weighted by Crippen LogP contribution is -2.04. The SMILES string of the molecule is COc1cccc2c1c(-c1ncnn1C)nn1c(-c3cnccn3)nnc21. The molecule has 27 heavy (non-hydrogen) atoms. The van der Waals surface area contributed by atoms with Gasteiger partial charge in [-0.2, -0.15) is 14.7 Å². The van der Waals surface area contributed by atoms with Crippen LogP contribution in [0.1, 0.15) is 0 Å². The first-order valence-electron chi connectivity index (χ1n) is 8.11. The molecule has 0 N–H and O–H groups in total. The summed E-state index contributed by atoms with van der Waals surface area (Å²) < 4.78 is 8.88. The minimum absolute atomic E-state index is 0.492. The minimum atomic E-state index is 0.492. The van der Waals surface area contributed by atoms with Crippen molar-refractivity contribution in [2.75, 3.05) is 7.11 Å². The highest BCUT2D eigenvalue weighted by molar-refractivity contribution is 6.04. The molecule has 5 rings (SSSR count). The summed E-state index contributed by atoms with van der Waals surface area (Å²) >= 11 is 0. The Bertz CT molecular complexity index is 1280. The Morgan fingerprint density at radius 3 is 2.70 bits per heavy atom. The van der Waals surface area contributed by atoms with Crippen molar-refractivity contribution in [3.05, 3.63) is 43.1 Å². The molecule has 10 heteroatoms. The van der Waals surface area contributed by atoms with Gasteiger partial charge in [-0.15, -0.1) is 10.2 Å². The van der Waals surface area contributed by atoms with Gasteiger partial charge in [0.1, 0.15) is 23.5 Å². The second kappa shape index (κ2) is 5.80. The topological polar surface area (TPSA) is 109 Å². The highest BCUT2D eigenvalue weighted by Crippen LogP contribution is 2.35. The normalized spacial score (nSPS) is 11.3. The predicted octanol–water partition coefficient (Wildman–Crippen LogP) is 1.54. The molecule has 0 spiro atoms. The molecular weight excluding hydrogens is 346 g/mol. The van der Waals surface area contributed by atoms with E-state index >= 15 is 0 Å². The van der Waals surface area contributed by atoms with Crippen LogP contribution in [0.2, 0.25) is 0 Å². The van der Waals surface area contributed by atoms with Crippen molar-refractivity contribution in [3.63, 3.8) is 0 Å². The van der Waals surface area contributed by atoms with Gasteiger partial charge in [-0.25, -0.2) is 14.6 Å². The number of nitrogens with zero attached hydrogens (tertiary/aromatic N) is 9. The van der Waals surface area contributed by atoms with Crippen LogP contribution in [0.5, 0.6) is 5.75 Å². The van der Waals surface area contributed by atoms with Gasteiger partial charge >= 0.3 is 0 Å². The maximum absolute atomic E-state index is 5.57. The number of benzene rings is 1. The highest BCUT2D eigenvalue weighted by Gasteiger charge is 2.21. The van der Waals surface area contributed by atoms with Gasteiger partial charge in [0, 0.05) is 24.8 Å². The van der Waals surface area contributed by atoms with E-state index < -0.39 is 0 Å². The number of methoxy groups -OCH3 is 1. The summed E-state index contributed by atoms with van der Waals surface area (Å²) in [5.74, 6) is 1.76. The van der Waals surface area contributed by atoms with Gasteiger partial charge in [-0.05, 0) is 6.07 Å². The van der Waals surface area contributed by atoms with Crippen LogP contribution < -0.4 is 4.74 Å². The van der Waals surface area contributed by atoms with Gasteiger partial charge in [0.05, 0.1) is 18.7 Å². The zero-order valence-corrected chi connectivity index (χ0v) is 14.5. The van der Waals surface area contributed by atoms with Gasteiger partial charge in [-0.1, -0.05) is 12.1 Å². The van der Waals surface area contributed by atoms with Gasteiger partial charge < -0.3 is 4.74 Å². The summed E-state index contributed by atoms with van der Waals surface area (Å²) in [6.45, 7) is 0. The van der Waals surface area contributed by atoms with Crippen molar-refractivity contribution in [2.45, 2.75) is 0 Å². The van der Waals surface area contributed by atoms with E-state index in [0.717, 1.165) is 10.8 Å². The monoisotopic (exact) mass is 359 g/mol. The van der Waals surface area contributed by atoms with E-state index in [1.54, 1.807) is 34.9 Å². The van der Waals surface area contributed by atoms with Crippen LogP contribution in [0.4, 0.5) is 0 Å². The molecule has 0 aliphatic rings. The second-order valence-electron chi connectivity index (χ2n) is 5.79. The van der Waals surface area contributed by atoms with E-state index in [0.29, 0.717) is 34.4 Å². The highest BCUT2D eigenvalue weighted by atomic mass is 16.5. The van der Waals surface area contributed by atoms with E-state index in [1.807, 2.05) is 25.2 Å². The lowest BCUT2D eigenvalue weighted by molar-refractivity contribution is 0.419. The molecule has 0 amide bonds. The Hall–Kier alpha value is -3.95. The largest absolute Gasteiger partial charge is 0.496 e. The molecule has 5 aromatic rings. The molecule has 132 valence electrons. The van der Waals surface area contributed by atoms with Gasteiger partial charge in [-0.3, -0.25) is 4.98 Å². The number of rotatable bonds is 3. The summed E-state index contributed by atoms with van der Waals surface area (Å²) in [7, 11) is 3.43. The summed E-state index contributed by atoms with van der Waals surface area (Å²) in [6, 6.07) is 5.72. The number of fused-ring (bicyclic) bond motifs is 3. The minimum Gasteiger partial charge on any atom is -0.496 e. The van der Waals surface area contributed by atoms with Crippen molar-refractivity contribution in [1.82, 2.24) is 44.5 Å². The lowest BCUT2D eigenvalue weighted by Gasteiger charge is -2.11. The third kappa shape index (κ3) is 2.23. The number of aryl methyl sites for hydroxylation is 1. The van der Waals surface area contributed by atoms with Crippen LogP contribution in [-0.2, 0) is 7.05 Å². The van der Waals surface area contributed by atoms with Crippen molar-refractivity contribution in [3.8, 4) is 28.8 Å². The average molecular weight is 359 g/mol. The lowest BCUT2D eigenvalue weighted by atomic mass is 10.1. The zero-order valence-electron chi connectivity index (χ0n) is 14.5. The van der Waals surface area contributed by atoms with E-state index in [-0.39, 0.29) is 0 Å². The number of hydrogen-bond acceptors (Lipinski definition) is 8. The van der Waals surface area contributed by atoms with E-state index in [2.05, 4.69) is 30.2 Å². The Morgan fingerprint density at radius 1 is 1.04 bits per heavy atom. The van der Waals surface area contributed by atoms with Crippen molar-refractivity contribution in [1.29, 1.82) is 0 Å². The van der Waals surface area contributed by atoms with Crippen molar-refractivity contribution < 1.29 is 4.74 Å². The quantitative estimate of drug-likeness (QED) is 0.477. The van der Waals surface area contributed by atoms with E-state index in [1.165, 1.54) is 6.33 Å². The number of hydrogen-bond donors (Lipinski definition) is 0. The molecule has 0 saturated heterocycles. The van der Waals surface area contributed by atoms with Gasteiger partial charge in [0.15, 0.2) is 11.5 Å². The molecule has 0 aliphatic heterocycles. The summed E-state index contributed by atoms with van der Waals surface area (Å²) in [4.78, 5) is 12.8. The van der Waals surface area contributed by atoms with Crippen LogP contribution >= 0.6 is 0 Å². The molecule has 0 unspecified atom stereocenters. The average Bonchev–Trinajstić information content (AvgIpc) is 3.33. The van der Waals surface area contributed by atoms with Crippen LogP contribution in [0, 0.1) is 0 Å². The fraction of sp³-hybridized carbons (Fsp3) is 0.118. The molecule has 0 saturated carbocycles. The zero-order chi connectivity index (χ0) is 18.4. The summed E-state index contributed by atoms with van der Waals surface area (Å²) in [5, 5.41) is 19.2. The molecular formula is C17H13N9O. The third-order valence-corrected chi connectivity index (χ3v) is 4.28. The fourth-order valence-corrected chi connectivity index (χ4v) is 3.07. The molecule has 4 aromatic heterocycles. The molecule has 0 aliphatic carbocycles. The van der Waals surface area contributed by atoms with Gasteiger partial charge in [0.2, 0.25) is 5.82 Å². The van der Waals surface area contributed by atoms with Crippen LogP contribution in [-0.4, -0.2) is 51.7 Å². The molecule has 10 nitrogen and oxygen atoms in total. The van der Waals surface area contributed by atoms with Crippen LogP contribution in [0.25, 0.3) is 39.5 Å². The van der Waals surface area contributed by atoms with E-state index in [9.17, 15) is 0 Å². The Morgan fingerprint density at radius 2 is 1.96 bits per heavy atom. The van der Waals surface area contributed by atoms with Crippen molar-refractivity contribution >= 4 is 16.4 Å². The first kappa shape index (κ1) is 15.3. The van der Waals surface area contributed by atoms with Crippen LogP contribution in [0.15, 0.2) is 43.1 Å². The van der Waals surface area contributed by atoms with Crippen molar-refractivity contribution in [2.24, 2.45) is 7.05 Å². The Labute approximate surface area is 152 Å². The molecule has 1 aromatic carbocycles. The molecule has 0 radical (unpaired) electrons. The number of ether oxygens (including phenoxy) is 1. The molecule has 0 atom stereocenters. The fourth-order valence-electron chi connectivity index (χ4n) is 3.07. The predicted molar refractivity (Wildman–Crippen MR) is 95.9 cm³/mol. The second-order valence-corrected chi connectivity index (χ2v) is 5.79.